The van der Waals surface area contributed by atoms with Gasteiger partial charge in [-0.1, -0.05) is 55.1 Å². The average Bonchev–Trinajstić information content (AvgIpc) is 2.79. The molecule has 3 atom stereocenters. The Kier molecular flexibility index (Phi) is 9.21. The Bertz CT molecular complexity index is 907. The van der Waals surface area contributed by atoms with Crippen LogP contribution in [0.1, 0.15) is 15.9 Å². The number of carbonyl (C=O) groups excluding carboxylic acids is 1. The van der Waals surface area contributed by atoms with Gasteiger partial charge in [-0.05, 0) is 23.8 Å². The Morgan fingerprint density at radius 2 is 1.62 bits per heavy atom. The fourth-order valence-corrected chi connectivity index (χ4v) is 2.82. The van der Waals surface area contributed by atoms with Crippen molar-refractivity contribution in [1.29, 1.82) is 0 Å². The maximum absolute atomic E-state index is 12.4. The van der Waals surface area contributed by atoms with Gasteiger partial charge in [0.15, 0.2) is 0 Å². The largest absolute Gasteiger partial charge is 0.464 e. The SMILES string of the molecule is C=C[C@@H](OC(=O)c1ccccc1)[C@@H](O)[C@H](COCc1ccccc1)N(NC(=O)O)C(=O)O. The van der Waals surface area contributed by atoms with Gasteiger partial charge in [0.1, 0.15) is 18.2 Å². The van der Waals surface area contributed by atoms with Crippen LogP contribution in [0, 0.1) is 0 Å². The lowest BCUT2D eigenvalue weighted by molar-refractivity contribution is -0.0661. The fraction of sp³-hybridized carbons (Fsp3) is 0.227. The Morgan fingerprint density at radius 1 is 1.03 bits per heavy atom. The first kappa shape index (κ1) is 24.4. The van der Waals surface area contributed by atoms with Crippen molar-refractivity contribution < 1.29 is 39.2 Å². The summed E-state index contributed by atoms with van der Waals surface area (Å²) in [5.41, 5.74) is 2.70. The predicted octanol–water partition coefficient (Wildman–Crippen LogP) is 2.51. The highest BCUT2D eigenvalue weighted by Crippen LogP contribution is 2.15. The lowest BCUT2D eigenvalue weighted by atomic mass is 10.1. The van der Waals surface area contributed by atoms with Crippen molar-refractivity contribution >= 4 is 18.2 Å². The molecule has 0 fully saturated rings. The predicted molar refractivity (Wildman–Crippen MR) is 113 cm³/mol. The lowest BCUT2D eigenvalue weighted by Gasteiger charge is -2.34. The summed E-state index contributed by atoms with van der Waals surface area (Å²) in [7, 11) is 0. The van der Waals surface area contributed by atoms with Gasteiger partial charge in [-0.15, -0.1) is 0 Å². The van der Waals surface area contributed by atoms with Gasteiger partial charge in [0.25, 0.3) is 0 Å². The zero-order chi connectivity index (χ0) is 23.5. The molecule has 32 heavy (non-hydrogen) atoms. The number of aliphatic hydroxyl groups excluding tert-OH is 1. The van der Waals surface area contributed by atoms with Gasteiger partial charge in [-0.25, -0.2) is 24.8 Å². The highest BCUT2D eigenvalue weighted by Gasteiger charge is 2.37. The highest BCUT2D eigenvalue weighted by atomic mass is 16.6. The van der Waals surface area contributed by atoms with Crippen molar-refractivity contribution in [3.8, 4) is 0 Å². The number of amides is 2. The summed E-state index contributed by atoms with van der Waals surface area (Å²) < 4.78 is 10.8. The summed E-state index contributed by atoms with van der Waals surface area (Å²) >= 11 is 0. The number of hydrogen-bond donors (Lipinski definition) is 4. The van der Waals surface area contributed by atoms with Crippen molar-refractivity contribution in [1.82, 2.24) is 10.4 Å². The smallest absolute Gasteiger partial charge is 0.426 e. The molecule has 0 bridgehead atoms. The van der Waals surface area contributed by atoms with E-state index in [2.05, 4.69) is 6.58 Å². The summed E-state index contributed by atoms with van der Waals surface area (Å²) in [5.74, 6) is -0.772. The number of hydrogen-bond acceptors (Lipinski definition) is 6. The van der Waals surface area contributed by atoms with Crippen LogP contribution in [0.2, 0.25) is 0 Å². The number of carbonyl (C=O) groups is 3. The number of ether oxygens (including phenoxy) is 2. The molecule has 0 heterocycles. The van der Waals surface area contributed by atoms with Crippen molar-refractivity contribution in [2.45, 2.75) is 24.9 Å². The third kappa shape index (κ3) is 7.11. The van der Waals surface area contributed by atoms with E-state index >= 15 is 0 Å². The van der Waals surface area contributed by atoms with E-state index in [1.165, 1.54) is 12.1 Å². The van der Waals surface area contributed by atoms with E-state index in [1.807, 2.05) is 6.07 Å². The van der Waals surface area contributed by atoms with Crippen molar-refractivity contribution in [3.63, 3.8) is 0 Å². The maximum Gasteiger partial charge on any atom is 0.426 e. The molecule has 0 unspecified atom stereocenters. The molecule has 2 rings (SSSR count). The number of benzene rings is 2. The zero-order valence-electron chi connectivity index (χ0n) is 17.0. The van der Waals surface area contributed by atoms with Crippen LogP contribution in [0.4, 0.5) is 9.59 Å². The van der Waals surface area contributed by atoms with E-state index in [1.54, 1.807) is 47.9 Å². The summed E-state index contributed by atoms with van der Waals surface area (Å²) in [4.78, 5) is 35.1. The Labute approximate surface area is 184 Å². The molecule has 0 aromatic heterocycles. The third-order valence-corrected chi connectivity index (χ3v) is 4.37. The van der Waals surface area contributed by atoms with Crippen LogP contribution < -0.4 is 5.43 Å². The lowest BCUT2D eigenvalue weighted by Crippen LogP contribution is -2.59. The number of esters is 1. The van der Waals surface area contributed by atoms with E-state index in [9.17, 15) is 24.6 Å². The number of rotatable bonds is 10. The summed E-state index contributed by atoms with van der Waals surface area (Å²) in [6, 6.07) is 15.5. The van der Waals surface area contributed by atoms with Gasteiger partial charge >= 0.3 is 18.2 Å². The van der Waals surface area contributed by atoms with Crippen LogP contribution in [-0.4, -0.2) is 63.3 Å². The van der Waals surface area contributed by atoms with Crippen molar-refractivity contribution in [2.24, 2.45) is 0 Å². The minimum atomic E-state index is -1.70. The summed E-state index contributed by atoms with van der Waals surface area (Å²) in [5, 5.41) is 29.6. The van der Waals surface area contributed by atoms with Crippen LogP contribution >= 0.6 is 0 Å². The van der Waals surface area contributed by atoms with E-state index in [0.717, 1.165) is 11.6 Å². The Hall–Kier alpha value is -3.89. The van der Waals surface area contributed by atoms with E-state index in [0.29, 0.717) is 0 Å². The van der Waals surface area contributed by atoms with Gasteiger partial charge in [0, 0.05) is 0 Å². The molecule has 10 nitrogen and oxygen atoms in total. The van der Waals surface area contributed by atoms with Crippen molar-refractivity contribution in [2.75, 3.05) is 6.61 Å². The third-order valence-electron chi connectivity index (χ3n) is 4.37. The summed E-state index contributed by atoms with van der Waals surface area (Å²) in [6.45, 7) is 3.19. The molecule has 0 aliphatic heterocycles. The molecule has 2 aromatic rings. The van der Waals surface area contributed by atoms with Crippen molar-refractivity contribution in [3.05, 3.63) is 84.4 Å². The average molecular weight is 444 g/mol. The molecule has 0 aliphatic rings. The number of hydrazine groups is 1. The monoisotopic (exact) mass is 444 g/mol. The first-order valence-corrected chi connectivity index (χ1v) is 9.53. The summed E-state index contributed by atoms with van der Waals surface area (Å²) in [6.07, 6.45) is -5.28. The second-order valence-electron chi connectivity index (χ2n) is 6.60. The quantitative estimate of drug-likeness (QED) is 0.248. The minimum Gasteiger partial charge on any atom is -0.464 e. The minimum absolute atomic E-state index is 0.0765. The molecule has 0 aliphatic carbocycles. The molecule has 0 spiro atoms. The standard InChI is InChI=1S/C22H24N2O8/c1-2-18(32-20(26)16-11-7-4-8-12-16)19(25)17(24(22(29)30)23-21(27)28)14-31-13-15-9-5-3-6-10-15/h2-12,17-19,23,25H,1,13-14H2,(H,27,28)(H,29,30)/t17-,18+,19-/m0/s1. The van der Waals surface area contributed by atoms with Gasteiger partial charge < -0.3 is 24.8 Å². The highest BCUT2D eigenvalue weighted by molar-refractivity contribution is 5.89. The van der Waals surface area contributed by atoms with Crippen LogP contribution in [0.15, 0.2) is 73.3 Å². The van der Waals surface area contributed by atoms with Gasteiger partial charge in [0.05, 0.1) is 18.8 Å². The van der Waals surface area contributed by atoms with Gasteiger partial charge in [0.2, 0.25) is 0 Å². The Balaban J connectivity index is 2.19. The molecular weight excluding hydrogens is 420 g/mol. The van der Waals surface area contributed by atoms with E-state index in [4.69, 9.17) is 14.6 Å². The molecule has 0 saturated carbocycles. The number of nitrogens with zero attached hydrogens (tertiary/aromatic N) is 1. The first-order chi connectivity index (χ1) is 15.3. The van der Waals surface area contributed by atoms with Crippen LogP contribution in [-0.2, 0) is 16.1 Å². The van der Waals surface area contributed by atoms with Crippen LogP contribution in [0.25, 0.3) is 0 Å². The number of carboxylic acid groups (broad SMARTS) is 2. The zero-order valence-corrected chi connectivity index (χ0v) is 17.0. The second-order valence-corrected chi connectivity index (χ2v) is 6.60. The molecule has 4 N–H and O–H groups in total. The molecular formula is C22H24N2O8. The molecule has 10 heteroatoms. The molecule has 170 valence electrons. The maximum atomic E-state index is 12.4. The molecule has 2 amide bonds. The molecule has 0 saturated heterocycles. The second kappa shape index (κ2) is 12.1. The molecule has 0 radical (unpaired) electrons. The van der Waals surface area contributed by atoms with Gasteiger partial charge in [-0.3, -0.25) is 0 Å². The topological polar surface area (TPSA) is 146 Å². The van der Waals surface area contributed by atoms with E-state index in [-0.39, 0.29) is 17.2 Å². The molecule has 2 aromatic carbocycles. The number of nitrogens with one attached hydrogen (secondary N) is 1. The number of aliphatic hydroxyl groups is 1. The normalized spacial score (nSPS) is 13.3. The van der Waals surface area contributed by atoms with Crippen LogP contribution in [0.3, 0.4) is 0 Å². The van der Waals surface area contributed by atoms with E-state index < -0.39 is 43.0 Å². The van der Waals surface area contributed by atoms with Crippen LogP contribution in [0.5, 0.6) is 0 Å². The first-order valence-electron chi connectivity index (χ1n) is 9.53. The fourth-order valence-electron chi connectivity index (χ4n) is 2.82. The Morgan fingerprint density at radius 3 is 2.16 bits per heavy atom. The van der Waals surface area contributed by atoms with Gasteiger partial charge in [-0.2, -0.15) is 0 Å².